The number of hydrogen-bond donors (Lipinski definition) is 1. The van der Waals surface area contributed by atoms with Crippen LogP contribution in [0.15, 0.2) is 74.0 Å². The number of aromatic hydroxyl groups is 1. The molecule has 0 bridgehead atoms. The topological polar surface area (TPSA) is 75.2 Å². The van der Waals surface area contributed by atoms with Crippen molar-refractivity contribution in [3.8, 4) is 5.75 Å². The minimum absolute atomic E-state index is 0.0730. The summed E-state index contributed by atoms with van der Waals surface area (Å²) in [5.74, 6) is 0.0730. The normalized spacial score (nSPS) is 14.0. The van der Waals surface area contributed by atoms with E-state index in [9.17, 15) is 9.90 Å². The summed E-state index contributed by atoms with van der Waals surface area (Å²) >= 11 is 0. The van der Waals surface area contributed by atoms with Crippen molar-refractivity contribution in [2.45, 2.75) is 25.7 Å². The van der Waals surface area contributed by atoms with Gasteiger partial charge < -0.3 is 9.52 Å². The Kier molecular flexibility index (Phi) is 3.93. The van der Waals surface area contributed by atoms with Crippen LogP contribution < -0.4 is 5.63 Å². The monoisotopic (exact) mass is 370 g/mol. The van der Waals surface area contributed by atoms with Crippen LogP contribution in [0.1, 0.15) is 24.0 Å². The number of aryl methyl sites for hydroxylation is 1. The van der Waals surface area contributed by atoms with E-state index in [0.717, 1.165) is 53.0 Å². The Morgan fingerprint density at radius 2 is 1.68 bits per heavy atom. The quantitative estimate of drug-likeness (QED) is 0.350. The molecule has 0 saturated heterocycles. The lowest BCUT2D eigenvalue weighted by molar-refractivity contribution is 0.477. The molecule has 1 N–H and O–H groups in total. The van der Waals surface area contributed by atoms with Crippen molar-refractivity contribution in [1.82, 2.24) is 0 Å². The van der Waals surface area contributed by atoms with E-state index in [1.807, 2.05) is 42.5 Å². The number of rotatable bonds is 2. The van der Waals surface area contributed by atoms with E-state index in [2.05, 4.69) is 10.2 Å². The van der Waals surface area contributed by atoms with Gasteiger partial charge in [-0.05, 0) is 54.8 Å². The summed E-state index contributed by atoms with van der Waals surface area (Å²) in [6, 6.07) is 16.7. The molecular weight excluding hydrogens is 352 g/mol. The Labute approximate surface area is 161 Å². The molecular formula is C23H18N2O3. The molecule has 0 unspecified atom stereocenters. The number of azo groups is 1. The van der Waals surface area contributed by atoms with Crippen LogP contribution >= 0.6 is 0 Å². The van der Waals surface area contributed by atoms with Gasteiger partial charge in [-0.15, -0.1) is 5.11 Å². The largest absolute Gasteiger partial charge is 0.506 e. The van der Waals surface area contributed by atoms with Gasteiger partial charge in [0.1, 0.15) is 17.0 Å². The van der Waals surface area contributed by atoms with Gasteiger partial charge in [0.25, 0.3) is 0 Å². The predicted octanol–water partition coefficient (Wildman–Crippen LogP) is 5.95. The second-order valence-electron chi connectivity index (χ2n) is 7.09. The number of phenols is 1. The van der Waals surface area contributed by atoms with E-state index in [4.69, 9.17) is 4.42 Å². The first kappa shape index (κ1) is 16.7. The Bertz CT molecular complexity index is 1300. The summed E-state index contributed by atoms with van der Waals surface area (Å²) in [6.45, 7) is 0. The first-order valence-electron chi connectivity index (χ1n) is 9.42. The lowest BCUT2D eigenvalue weighted by Crippen LogP contribution is -2.15. The van der Waals surface area contributed by atoms with E-state index in [-0.39, 0.29) is 11.4 Å². The molecule has 138 valence electrons. The van der Waals surface area contributed by atoms with Crippen molar-refractivity contribution >= 4 is 33.1 Å². The minimum atomic E-state index is -0.247. The van der Waals surface area contributed by atoms with Gasteiger partial charge in [0.15, 0.2) is 0 Å². The fourth-order valence-corrected chi connectivity index (χ4v) is 3.95. The molecule has 0 fully saturated rings. The highest BCUT2D eigenvalue weighted by Gasteiger charge is 2.18. The molecule has 0 spiro atoms. The minimum Gasteiger partial charge on any atom is -0.506 e. The fraction of sp³-hybridized carbons (Fsp3) is 0.174. The van der Waals surface area contributed by atoms with Crippen molar-refractivity contribution in [2.24, 2.45) is 10.2 Å². The van der Waals surface area contributed by atoms with E-state index in [1.165, 1.54) is 0 Å². The number of hydrogen-bond acceptors (Lipinski definition) is 5. The molecule has 28 heavy (non-hydrogen) atoms. The summed E-state index contributed by atoms with van der Waals surface area (Å²) < 4.78 is 5.54. The van der Waals surface area contributed by atoms with Crippen molar-refractivity contribution in [3.05, 3.63) is 76.1 Å². The summed E-state index contributed by atoms with van der Waals surface area (Å²) in [5.41, 5.74) is 3.19. The van der Waals surface area contributed by atoms with Crippen LogP contribution in [0, 0.1) is 0 Å². The molecule has 3 aromatic carbocycles. The third kappa shape index (κ3) is 2.76. The number of nitrogens with zero attached hydrogens (tertiary/aromatic N) is 2. The van der Waals surface area contributed by atoms with Gasteiger partial charge >= 0.3 is 5.63 Å². The molecule has 4 aromatic rings. The van der Waals surface area contributed by atoms with Crippen LogP contribution in [-0.4, -0.2) is 5.11 Å². The van der Waals surface area contributed by atoms with E-state index in [1.54, 1.807) is 12.1 Å². The highest BCUT2D eigenvalue weighted by atomic mass is 16.4. The van der Waals surface area contributed by atoms with Gasteiger partial charge in [-0.1, -0.05) is 30.3 Å². The maximum Gasteiger partial charge on any atom is 0.339 e. The molecule has 0 saturated carbocycles. The maximum atomic E-state index is 12.3. The average Bonchev–Trinajstić information content (AvgIpc) is 2.73. The second kappa shape index (κ2) is 6.60. The zero-order valence-corrected chi connectivity index (χ0v) is 15.2. The second-order valence-corrected chi connectivity index (χ2v) is 7.09. The molecule has 0 radical (unpaired) electrons. The van der Waals surface area contributed by atoms with Crippen molar-refractivity contribution in [3.63, 3.8) is 0 Å². The molecule has 1 aliphatic rings. The third-order valence-corrected chi connectivity index (χ3v) is 5.35. The SMILES string of the molecule is O=c1oc2cc(N=Nc3c(O)ccc4ccccc34)ccc2c2c1CCCC2. The van der Waals surface area contributed by atoms with Gasteiger partial charge in [-0.25, -0.2) is 4.79 Å². The molecule has 0 amide bonds. The number of phenolic OH excluding ortho intramolecular Hbond substituents is 1. The van der Waals surface area contributed by atoms with Crippen molar-refractivity contribution < 1.29 is 9.52 Å². The van der Waals surface area contributed by atoms with Crippen molar-refractivity contribution in [2.75, 3.05) is 0 Å². The molecule has 1 aliphatic carbocycles. The molecule has 1 aromatic heterocycles. The van der Waals surface area contributed by atoms with E-state index >= 15 is 0 Å². The smallest absolute Gasteiger partial charge is 0.339 e. The van der Waals surface area contributed by atoms with Gasteiger partial charge in [0.2, 0.25) is 0 Å². The van der Waals surface area contributed by atoms with Crippen LogP contribution in [0.4, 0.5) is 11.4 Å². The lowest BCUT2D eigenvalue weighted by Gasteiger charge is -2.15. The van der Waals surface area contributed by atoms with Gasteiger partial charge in [-0.3, -0.25) is 0 Å². The van der Waals surface area contributed by atoms with Crippen LogP contribution in [0.5, 0.6) is 5.75 Å². The Morgan fingerprint density at radius 1 is 0.857 bits per heavy atom. The third-order valence-electron chi connectivity index (χ3n) is 5.35. The average molecular weight is 370 g/mol. The summed E-state index contributed by atoms with van der Waals surface area (Å²) in [6.07, 6.45) is 3.81. The molecule has 0 aliphatic heterocycles. The summed E-state index contributed by atoms with van der Waals surface area (Å²) in [7, 11) is 0. The van der Waals surface area contributed by atoms with E-state index < -0.39 is 0 Å². The van der Waals surface area contributed by atoms with E-state index in [0.29, 0.717) is 17.0 Å². The standard InChI is InChI=1S/C23H18N2O3/c26-20-12-9-14-5-1-2-6-16(14)22(20)25-24-15-10-11-18-17-7-3-4-8-19(17)23(27)28-21(18)13-15/h1-2,5-6,9-13,26H,3-4,7-8H2. The Hall–Kier alpha value is -3.47. The van der Waals surface area contributed by atoms with Crippen LogP contribution in [-0.2, 0) is 12.8 Å². The zero-order valence-electron chi connectivity index (χ0n) is 15.2. The zero-order chi connectivity index (χ0) is 19.1. The first-order valence-corrected chi connectivity index (χ1v) is 9.42. The Morgan fingerprint density at radius 3 is 2.57 bits per heavy atom. The highest BCUT2D eigenvalue weighted by Crippen LogP contribution is 2.36. The van der Waals surface area contributed by atoms with Gasteiger partial charge in [-0.2, -0.15) is 5.11 Å². The first-order chi connectivity index (χ1) is 13.7. The maximum absolute atomic E-state index is 12.3. The number of fused-ring (bicyclic) bond motifs is 4. The predicted molar refractivity (Wildman–Crippen MR) is 109 cm³/mol. The van der Waals surface area contributed by atoms with Crippen LogP contribution in [0.25, 0.3) is 21.7 Å². The number of benzene rings is 3. The summed E-state index contributed by atoms with van der Waals surface area (Å²) in [5, 5.41) is 21.5. The molecule has 5 nitrogen and oxygen atoms in total. The summed E-state index contributed by atoms with van der Waals surface area (Å²) in [4.78, 5) is 12.3. The molecule has 5 rings (SSSR count). The van der Waals surface area contributed by atoms with Crippen LogP contribution in [0.2, 0.25) is 0 Å². The Balaban J connectivity index is 1.60. The van der Waals surface area contributed by atoms with Gasteiger partial charge in [0.05, 0.1) is 5.69 Å². The fourth-order valence-electron chi connectivity index (χ4n) is 3.95. The molecule has 1 heterocycles. The lowest BCUT2D eigenvalue weighted by atomic mass is 9.90. The molecule has 5 heteroatoms. The van der Waals surface area contributed by atoms with Crippen LogP contribution in [0.3, 0.4) is 0 Å². The molecule has 0 atom stereocenters. The van der Waals surface area contributed by atoms with Gasteiger partial charge in [0, 0.05) is 22.4 Å². The highest BCUT2D eigenvalue weighted by molar-refractivity contribution is 5.95. The van der Waals surface area contributed by atoms with Crippen molar-refractivity contribution in [1.29, 1.82) is 0 Å².